The van der Waals surface area contributed by atoms with Gasteiger partial charge in [0.05, 0.1) is 35.5 Å². The monoisotopic (exact) mass is 602 g/mol. The van der Waals surface area contributed by atoms with Crippen molar-refractivity contribution in [1.29, 1.82) is 0 Å². The Morgan fingerprint density at radius 3 is 2.42 bits per heavy atom. The van der Waals surface area contributed by atoms with Crippen LogP contribution in [0.3, 0.4) is 0 Å². The fourth-order valence-electron chi connectivity index (χ4n) is 5.62. The third-order valence-corrected chi connectivity index (χ3v) is 8.29. The van der Waals surface area contributed by atoms with Gasteiger partial charge in [-0.3, -0.25) is 20.0 Å². The van der Waals surface area contributed by atoms with Crippen LogP contribution in [0.25, 0.3) is 27.6 Å². The molecule has 10 heteroatoms. The van der Waals surface area contributed by atoms with Gasteiger partial charge in [0.1, 0.15) is 23.1 Å². The molecular formula is C35H38N8O2. The van der Waals surface area contributed by atoms with Gasteiger partial charge in [0.25, 0.3) is 0 Å². The lowest BCUT2D eigenvalue weighted by Crippen LogP contribution is -2.43. The summed E-state index contributed by atoms with van der Waals surface area (Å²) >= 11 is 0. The third-order valence-electron chi connectivity index (χ3n) is 8.29. The van der Waals surface area contributed by atoms with Crippen molar-refractivity contribution in [2.45, 2.75) is 65.5 Å². The highest BCUT2D eigenvalue weighted by Gasteiger charge is 2.26. The number of hydrogen-bond acceptors (Lipinski definition) is 7. The van der Waals surface area contributed by atoms with E-state index in [9.17, 15) is 9.59 Å². The third kappa shape index (κ3) is 6.46. The van der Waals surface area contributed by atoms with Crippen LogP contribution in [0.4, 0.5) is 16.3 Å². The number of aryl methyl sites for hydroxylation is 1. The molecule has 5 aromatic rings. The van der Waals surface area contributed by atoms with Gasteiger partial charge >= 0.3 is 6.03 Å². The number of ketones is 1. The van der Waals surface area contributed by atoms with Gasteiger partial charge in [-0.25, -0.2) is 19.4 Å². The van der Waals surface area contributed by atoms with Crippen molar-refractivity contribution in [3.63, 3.8) is 0 Å². The zero-order valence-electron chi connectivity index (χ0n) is 26.3. The van der Waals surface area contributed by atoms with E-state index in [1.807, 2.05) is 68.6 Å². The van der Waals surface area contributed by atoms with Crippen molar-refractivity contribution >= 4 is 34.1 Å². The average Bonchev–Trinajstić information content (AvgIpc) is 3.45. The Morgan fingerprint density at radius 1 is 0.956 bits per heavy atom. The van der Waals surface area contributed by atoms with Crippen LogP contribution in [0.2, 0.25) is 0 Å². The van der Waals surface area contributed by atoms with Crippen molar-refractivity contribution in [3.8, 4) is 16.8 Å². The summed E-state index contributed by atoms with van der Waals surface area (Å²) in [5.41, 5.74) is 4.86. The first kappa shape index (κ1) is 30.1. The maximum atomic E-state index is 13.4. The van der Waals surface area contributed by atoms with Gasteiger partial charge < -0.3 is 5.32 Å². The Kier molecular flexibility index (Phi) is 8.16. The first-order valence-corrected chi connectivity index (χ1v) is 15.3. The van der Waals surface area contributed by atoms with Crippen LogP contribution in [0, 0.1) is 6.92 Å². The number of nitrogens with zero attached hydrogens (tertiary/aromatic N) is 6. The number of fused-ring (bicyclic) bond motifs is 1. The number of Topliss-reactive ketones (excluding diaryl/α,β-unsaturated/α-hetero) is 1. The van der Waals surface area contributed by atoms with Gasteiger partial charge in [0.2, 0.25) is 0 Å². The number of benzene rings is 2. The van der Waals surface area contributed by atoms with Crippen LogP contribution in [-0.2, 0) is 16.8 Å². The van der Waals surface area contributed by atoms with Crippen molar-refractivity contribution in [3.05, 3.63) is 90.4 Å². The van der Waals surface area contributed by atoms with Crippen LogP contribution in [0.1, 0.15) is 57.7 Å². The van der Waals surface area contributed by atoms with E-state index in [4.69, 9.17) is 10.1 Å². The lowest BCUT2D eigenvalue weighted by molar-refractivity contribution is -0.126. The summed E-state index contributed by atoms with van der Waals surface area (Å²) in [5.74, 6) is 1.47. The molecule has 1 saturated heterocycles. The van der Waals surface area contributed by atoms with Crippen molar-refractivity contribution < 1.29 is 9.59 Å². The first-order valence-electron chi connectivity index (χ1n) is 15.3. The number of anilines is 2. The van der Waals surface area contributed by atoms with Gasteiger partial charge in [-0.1, -0.05) is 57.2 Å². The van der Waals surface area contributed by atoms with Gasteiger partial charge in [-0.05, 0) is 49.9 Å². The summed E-state index contributed by atoms with van der Waals surface area (Å²) in [6.45, 7) is 11.6. The number of nitrogens with one attached hydrogen (secondary N) is 2. The SMILES string of the molecule is Cc1ncc(-n2nc(C(C)(C)C)cc2NC(=O)Nc2ccc(-c3ccc(CN4CCCC(=O)C4C)nc3)c3ccccc23)cn1. The molecule has 1 aliphatic heterocycles. The Bertz CT molecular complexity index is 1860. The molecule has 2 N–H and O–H groups in total. The molecule has 0 spiro atoms. The normalized spacial score (nSPS) is 15.8. The van der Waals surface area contributed by atoms with E-state index < -0.39 is 0 Å². The molecule has 45 heavy (non-hydrogen) atoms. The minimum absolute atomic E-state index is 0.0702. The Morgan fingerprint density at radius 2 is 1.71 bits per heavy atom. The largest absolute Gasteiger partial charge is 0.324 e. The predicted octanol–water partition coefficient (Wildman–Crippen LogP) is 6.68. The number of pyridine rings is 1. The van der Waals surface area contributed by atoms with Gasteiger partial charge in [0, 0.05) is 41.6 Å². The maximum Gasteiger partial charge on any atom is 0.324 e. The fourth-order valence-corrected chi connectivity index (χ4v) is 5.62. The molecule has 6 rings (SSSR count). The summed E-state index contributed by atoms with van der Waals surface area (Å²) in [6.07, 6.45) is 6.82. The Labute approximate surface area is 262 Å². The highest BCUT2D eigenvalue weighted by molar-refractivity contribution is 6.09. The van der Waals surface area contributed by atoms with E-state index in [0.29, 0.717) is 41.8 Å². The highest BCUT2D eigenvalue weighted by atomic mass is 16.2. The van der Waals surface area contributed by atoms with E-state index in [0.717, 1.165) is 46.3 Å². The van der Waals surface area contributed by atoms with E-state index in [2.05, 4.69) is 52.3 Å². The summed E-state index contributed by atoms with van der Waals surface area (Å²) in [4.78, 5) is 41.1. The summed E-state index contributed by atoms with van der Waals surface area (Å²) < 4.78 is 1.65. The van der Waals surface area contributed by atoms with Gasteiger partial charge in [-0.2, -0.15) is 5.10 Å². The fraction of sp³-hybridized carbons (Fsp3) is 0.314. The van der Waals surface area contributed by atoms with E-state index in [1.165, 1.54) is 0 Å². The number of aromatic nitrogens is 5. The molecule has 0 aliphatic carbocycles. The zero-order valence-corrected chi connectivity index (χ0v) is 26.3. The number of piperidine rings is 1. The highest BCUT2D eigenvalue weighted by Crippen LogP contribution is 2.34. The molecule has 3 aromatic heterocycles. The zero-order chi connectivity index (χ0) is 31.7. The number of likely N-dealkylation sites (tertiary alicyclic amines) is 1. The number of amides is 2. The summed E-state index contributed by atoms with van der Waals surface area (Å²) in [7, 11) is 0. The lowest BCUT2D eigenvalue weighted by atomic mass is 9.92. The first-order chi connectivity index (χ1) is 21.6. The van der Waals surface area contributed by atoms with E-state index in [-0.39, 0.29) is 17.5 Å². The van der Waals surface area contributed by atoms with E-state index in [1.54, 1.807) is 17.1 Å². The molecular weight excluding hydrogens is 564 g/mol. The second kappa shape index (κ2) is 12.2. The smallest absolute Gasteiger partial charge is 0.307 e. The number of carbonyl (C=O) groups excluding carboxylic acids is 2. The average molecular weight is 603 g/mol. The van der Waals surface area contributed by atoms with Crippen LogP contribution in [0.5, 0.6) is 0 Å². The molecule has 0 saturated carbocycles. The standard InChI is InChI=1S/C35H38N8O2/c1-22-31(44)11-8-16-42(22)21-25-13-12-24(18-38-25)27-14-15-30(29-10-7-6-9-28(27)29)39-34(45)40-33-17-32(35(3,4)5)41-43(33)26-19-36-23(2)37-20-26/h6-7,9-10,12-15,17-20,22H,8,11,16,21H2,1-5H3,(H2,39,40,45). The van der Waals surface area contributed by atoms with Crippen LogP contribution in [-0.4, -0.2) is 54.0 Å². The predicted molar refractivity (Wildman–Crippen MR) is 177 cm³/mol. The molecule has 0 radical (unpaired) electrons. The number of hydrogen-bond donors (Lipinski definition) is 2. The van der Waals surface area contributed by atoms with Crippen molar-refractivity contribution in [1.82, 2.24) is 29.6 Å². The second-order valence-electron chi connectivity index (χ2n) is 12.6. The van der Waals surface area contributed by atoms with Crippen LogP contribution >= 0.6 is 0 Å². The van der Waals surface area contributed by atoms with Gasteiger partial charge in [-0.15, -0.1) is 0 Å². The summed E-state index contributed by atoms with van der Waals surface area (Å²) in [6, 6.07) is 17.4. The molecule has 1 unspecified atom stereocenters. The molecule has 4 heterocycles. The van der Waals surface area contributed by atoms with Crippen LogP contribution < -0.4 is 10.6 Å². The van der Waals surface area contributed by atoms with Gasteiger partial charge in [0.15, 0.2) is 0 Å². The van der Waals surface area contributed by atoms with Crippen molar-refractivity contribution in [2.24, 2.45) is 0 Å². The molecule has 10 nitrogen and oxygen atoms in total. The Balaban J connectivity index is 1.23. The molecule has 230 valence electrons. The number of carbonyl (C=O) groups is 2. The molecule has 2 aromatic carbocycles. The topological polar surface area (TPSA) is 118 Å². The quantitative estimate of drug-likeness (QED) is 0.223. The minimum Gasteiger partial charge on any atom is -0.307 e. The maximum absolute atomic E-state index is 13.4. The number of urea groups is 1. The molecule has 1 atom stereocenters. The second-order valence-corrected chi connectivity index (χ2v) is 12.6. The van der Waals surface area contributed by atoms with Crippen LogP contribution in [0.15, 0.2) is 73.2 Å². The minimum atomic E-state index is -0.390. The molecule has 1 aliphatic rings. The number of rotatable bonds is 6. The molecule has 1 fully saturated rings. The summed E-state index contributed by atoms with van der Waals surface area (Å²) in [5, 5.41) is 12.7. The molecule has 0 bridgehead atoms. The van der Waals surface area contributed by atoms with Crippen molar-refractivity contribution in [2.75, 3.05) is 17.2 Å². The Hall–Kier alpha value is -4.96. The molecule has 2 amide bonds. The van der Waals surface area contributed by atoms with E-state index >= 15 is 0 Å². The lowest BCUT2D eigenvalue weighted by Gasteiger charge is -2.31.